The summed E-state index contributed by atoms with van der Waals surface area (Å²) >= 11 is 0. The fourth-order valence-electron chi connectivity index (χ4n) is 3.14. The second-order valence-corrected chi connectivity index (χ2v) is 6.51. The summed E-state index contributed by atoms with van der Waals surface area (Å²) in [5, 5.41) is 0. The summed E-state index contributed by atoms with van der Waals surface area (Å²) in [7, 11) is 0. The number of aromatic nitrogens is 1. The minimum atomic E-state index is -1.52. The van der Waals surface area contributed by atoms with Crippen LogP contribution in [0.3, 0.4) is 0 Å². The normalized spacial score (nSPS) is 19.8. The van der Waals surface area contributed by atoms with Crippen molar-refractivity contribution in [3.8, 4) is 11.8 Å². The van der Waals surface area contributed by atoms with E-state index < -0.39 is 5.67 Å². The van der Waals surface area contributed by atoms with E-state index in [2.05, 4.69) is 40.4 Å². The van der Waals surface area contributed by atoms with E-state index in [0.29, 0.717) is 18.7 Å². The maximum atomic E-state index is 15.2. The molecule has 0 bridgehead atoms. The lowest BCUT2D eigenvalue weighted by Crippen LogP contribution is -2.27. The monoisotopic (exact) mass is 358 g/mol. The summed E-state index contributed by atoms with van der Waals surface area (Å²) in [4.78, 5) is 6.19. The first-order chi connectivity index (χ1) is 13.1. The number of alkyl halides is 1. The Morgan fingerprint density at radius 1 is 1.30 bits per heavy atom. The van der Waals surface area contributed by atoms with Crippen molar-refractivity contribution in [2.45, 2.75) is 19.0 Å². The zero-order valence-corrected chi connectivity index (χ0v) is 15.5. The molecule has 1 aliphatic rings. The van der Waals surface area contributed by atoms with Gasteiger partial charge in [-0.05, 0) is 48.2 Å². The predicted molar refractivity (Wildman–Crippen MR) is 111 cm³/mol. The van der Waals surface area contributed by atoms with Gasteiger partial charge in [0.05, 0.1) is 6.54 Å². The SMILES string of the molecule is C=C/C=C(\C=C/C)c1cccc(N2CCC(F)(C#Cc3ccccn3)C2)c1. The quantitative estimate of drug-likeness (QED) is 0.552. The van der Waals surface area contributed by atoms with E-state index in [4.69, 9.17) is 0 Å². The van der Waals surface area contributed by atoms with Crippen LogP contribution in [-0.4, -0.2) is 23.7 Å². The van der Waals surface area contributed by atoms with Crippen LogP contribution in [-0.2, 0) is 0 Å². The molecule has 136 valence electrons. The molecule has 0 radical (unpaired) electrons. The van der Waals surface area contributed by atoms with Gasteiger partial charge in [-0.2, -0.15) is 0 Å². The molecule has 0 spiro atoms. The number of hydrogen-bond donors (Lipinski definition) is 0. The first kappa shape index (κ1) is 18.7. The number of hydrogen-bond acceptors (Lipinski definition) is 2. The van der Waals surface area contributed by atoms with E-state index in [1.807, 2.05) is 49.4 Å². The van der Waals surface area contributed by atoms with Crippen LogP contribution in [0.2, 0.25) is 0 Å². The van der Waals surface area contributed by atoms with Crippen LogP contribution in [0.4, 0.5) is 10.1 Å². The maximum absolute atomic E-state index is 15.2. The van der Waals surface area contributed by atoms with E-state index in [1.165, 1.54) is 0 Å². The zero-order chi connectivity index (χ0) is 19.1. The van der Waals surface area contributed by atoms with Crippen molar-refractivity contribution in [2.75, 3.05) is 18.0 Å². The molecular formula is C24H23FN2. The zero-order valence-electron chi connectivity index (χ0n) is 15.5. The summed E-state index contributed by atoms with van der Waals surface area (Å²) in [5.41, 5.74) is 2.25. The molecule has 2 nitrogen and oxygen atoms in total. The second-order valence-electron chi connectivity index (χ2n) is 6.51. The lowest BCUT2D eigenvalue weighted by Gasteiger charge is -2.20. The summed E-state index contributed by atoms with van der Waals surface area (Å²) in [6, 6.07) is 13.6. The average molecular weight is 358 g/mol. The smallest absolute Gasteiger partial charge is 0.190 e. The minimum absolute atomic E-state index is 0.264. The number of nitrogens with zero attached hydrogens (tertiary/aromatic N) is 2. The molecule has 1 fully saturated rings. The van der Waals surface area contributed by atoms with Gasteiger partial charge in [0, 0.05) is 24.8 Å². The molecule has 0 N–H and O–H groups in total. The Balaban J connectivity index is 1.79. The molecule has 2 aromatic rings. The standard InChI is InChI=1S/C24H23FN2/c1-3-8-20(9-4-2)21-10-7-12-23(18-21)27-17-15-24(25,19-27)14-13-22-11-5-6-16-26-22/h3-12,16,18H,1,15,17,19H2,2H3/b9-4-,20-8+. The molecule has 1 saturated heterocycles. The van der Waals surface area contributed by atoms with E-state index in [9.17, 15) is 0 Å². The lowest BCUT2D eigenvalue weighted by molar-refractivity contribution is 0.274. The van der Waals surface area contributed by atoms with Crippen molar-refractivity contribution in [3.63, 3.8) is 0 Å². The minimum Gasteiger partial charge on any atom is -0.367 e. The molecule has 1 aliphatic heterocycles. The van der Waals surface area contributed by atoms with Crippen molar-refractivity contribution in [3.05, 3.63) is 90.8 Å². The van der Waals surface area contributed by atoms with Gasteiger partial charge in [-0.1, -0.05) is 55.0 Å². The number of allylic oxidation sites excluding steroid dienone is 5. The fraction of sp³-hybridized carbons (Fsp3) is 0.208. The number of pyridine rings is 1. The van der Waals surface area contributed by atoms with Gasteiger partial charge < -0.3 is 4.90 Å². The first-order valence-electron chi connectivity index (χ1n) is 9.07. The van der Waals surface area contributed by atoms with Crippen LogP contribution in [0, 0.1) is 11.8 Å². The molecule has 0 amide bonds. The van der Waals surface area contributed by atoms with Crippen LogP contribution in [0.5, 0.6) is 0 Å². The van der Waals surface area contributed by atoms with Gasteiger partial charge in [0.1, 0.15) is 5.69 Å². The van der Waals surface area contributed by atoms with Gasteiger partial charge in [-0.15, -0.1) is 0 Å². The average Bonchev–Trinajstić information content (AvgIpc) is 3.10. The van der Waals surface area contributed by atoms with Gasteiger partial charge in [-0.3, -0.25) is 0 Å². The topological polar surface area (TPSA) is 16.1 Å². The Bertz CT molecular complexity index is 918. The van der Waals surface area contributed by atoms with Crippen molar-refractivity contribution < 1.29 is 4.39 Å². The summed E-state index contributed by atoms with van der Waals surface area (Å²) in [6.07, 6.45) is 9.85. The van der Waals surface area contributed by atoms with Crippen molar-refractivity contribution in [2.24, 2.45) is 0 Å². The Hall–Kier alpha value is -3.12. The van der Waals surface area contributed by atoms with Gasteiger partial charge in [0.2, 0.25) is 0 Å². The predicted octanol–water partition coefficient (Wildman–Crippen LogP) is 5.20. The summed E-state index contributed by atoms with van der Waals surface area (Å²) in [5.74, 6) is 5.67. The molecule has 0 aliphatic carbocycles. The van der Waals surface area contributed by atoms with Crippen molar-refractivity contribution >= 4 is 11.3 Å². The number of rotatable bonds is 4. The Morgan fingerprint density at radius 3 is 2.93 bits per heavy atom. The van der Waals surface area contributed by atoms with Gasteiger partial charge in [-0.25, -0.2) is 9.37 Å². The third-order valence-corrected chi connectivity index (χ3v) is 4.49. The molecule has 3 rings (SSSR count). The first-order valence-corrected chi connectivity index (χ1v) is 9.07. The van der Waals surface area contributed by atoms with Crippen molar-refractivity contribution in [1.29, 1.82) is 0 Å². The Morgan fingerprint density at radius 2 is 2.19 bits per heavy atom. The Kier molecular flexibility index (Phi) is 5.88. The Labute approximate surface area is 160 Å². The van der Waals surface area contributed by atoms with E-state index >= 15 is 4.39 Å². The van der Waals surface area contributed by atoms with Crippen LogP contribution in [0.25, 0.3) is 5.57 Å². The number of anilines is 1. The van der Waals surface area contributed by atoms with E-state index in [0.717, 1.165) is 16.8 Å². The van der Waals surface area contributed by atoms with Crippen LogP contribution < -0.4 is 4.90 Å². The van der Waals surface area contributed by atoms with Crippen molar-refractivity contribution in [1.82, 2.24) is 4.98 Å². The third-order valence-electron chi connectivity index (χ3n) is 4.49. The van der Waals surface area contributed by atoms with Gasteiger partial charge in [0.15, 0.2) is 5.67 Å². The molecule has 1 aromatic carbocycles. The molecule has 3 heteroatoms. The van der Waals surface area contributed by atoms with E-state index in [-0.39, 0.29) is 6.54 Å². The van der Waals surface area contributed by atoms with E-state index in [1.54, 1.807) is 18.3 Å². The molecule has 1 aromatic heterocycles. The van der Waals surface area contributed by atoms with Crippen LogP contribution in [0.15, 0.2) is 79.5 Å². The highest BCUT2D eigenvalue weighted by atomic mass is 19.1. The molecule has 0 saturated carbocycles. The highest BCUT2D eigenvalue weighted by Gasteiger charge is 2.37. The second kappa shape index (κ2) is 8.51. The molecule has 2 heterocycles. The highest BCUT2D eigenvalue weighted by molar-refractivity contribution is 5.77. The summed E-state index contributed by atoms with van der Waals surface area (Å²) < 4.78 is 15.2. The third kappa shape index (κ3) is 4.74. The largest absolute Gasteiger partial charge is 0.367 e. The fourth-order valence-corrected chi connectivity index (χ4v) is 3.14. The molecule has 1 atom stereocenters. The molecule has 1 unspecified atom stereocenters. The van der Waals surface area contributed by atoms with Gasteiger partial charge >= 0.3 is 0 Å². The van der Waals surface area contributed by atoms with Gasteiger partial charge in [0.25, 0.3) is 0 Å². The molecule has 27 heavy (non-hydrogen) atoms. The summed E-state index contributed by atoms with van der Waals surface area (Å²) in [6.45, 7) is 6.67. The number of halogens is 1. The maximum Gasteiger partial charge on any atom is 0.190 e. The highest BCUT2D eigenvalue weighted by Crippen LogP contribution is 2.31. The lowest BCUT2D eigenvalue weighted by atomic mass is 10.0. The van der Waals surface area contributed by atoms with Crippen LogP contribution >= 0.6 is 0 Å². The molecular weight excluding hydrogens is 335 g/mol. The van der Waals surface area contributed by atoms with Crippen LogP contribution in [0.1, 0.15) is 24.6 Å². The number of benzene rings is 1.